The van der Waals surface area contributed by atoms with Gasteiger partial charge < -0.3 is 15.2 Å². The smallest absolute Gasteiger partial charge is 0.261 e. The van der Waals surface area contributed by atoms with Crippen LogP contribution in [0.25, 0.3) is 0 Å². The topological polar surface area (TPSA) is 58.6 Å². The van der Waals surface area contributed by atoms with Gasteiger partial charge in [-0.1, -0.05) is 11.6 Å². The Hall–Kier alpha value is -0.620. The van der Waals surface area contributed by atoms with E-state index in [1.54, 1.807) is 12.1 Å². The molecular weight excluding hydrogens is 262 g/mol. The number of hydrogen-bond donors (Lipinski definition) is 2. The summed E-state index contributed by atoms with van der Waals surface area (Å²) in [6.45, 7) is 1.05. The molecule has 0 radical (unpaired) electrons. The van der Waals surface area contributed by atoms with E-state index in [1.807, 2.05) is 0 Å². The van der Waals surface area contributed by atoms with Gasteiger partial charge in [-0.25, -0.2) is 0 Å². The predicted molar refractivity (Wildman–Crippen MR) is 66.7 cm³/mol. The number of aliphatic hydroxyl groups is 1. The highest BCUT2D eigenvalue weighted by Gasteiger charge is 2.33. The van der Waals surface area contributed by atoms with Crippen molar-refractivity contribution in [2.75, 3.05) is 19.8 Å². The zero-order valence-corrected chi connectivity index (χ0v) is 10.8. The van der Waals surface area contributed by atoms with E-state index in [0.717, 1.165) is 0 Å². The van der Waals surface area contributed by atoms with Gasteiger partial charge in [0.05, 0.1) is 21.4 Å². The maximum atomic E-state index is 12.0. The molecule has 1 aromatic rings. The summed E-state index contributed by atoms with van der Waals surface area (Å²) in [6.07, 6.45) is 1.27. The van der Waals surface area contributed by atoms with Crippen molar-refractivity contribution >= 4 is 28.8 Å². The van der Waals surface area contributed by atoms with Gasteiger partial charge in [-0.15, -0.1) is 11.3 Å². The molecule has 94 valence electrons. The Morgan fingerprint density at radius 3 is 2.76 bits per heavy atom. The number of ether oxygens (including phenoxy) is 1. The second-order valence-electron chi connectivity index (χ2n) is 4.11. The molecule has 2 heterocycles. The Labute approximate surface area is 109 Å². The summed E-state index contributed by atoms with van der Waals surface area (Å²) in [4.78, 5) is 12.5. The van der Waals surface area contributed by atoms with Crippen LogP contribution in [0, 0.1) is 0 Å². The van der Waals surface area contributed by atoms with E-state index in [4.69, 9.17) is 16.3 Å². The van der Waals surface area contributed by atoms with Crippen LogP contribution in [-0.4, -0.2) is 36.4 Å². The molecule has 1 saturated heterocycles. The molecule has 1 aliphatic rings. The van der Waals surface area contributed by atoms with Crippen LogP contribution in [0.15, 0.2) is 12.1 Å². The number of carbonyl (C=O) groups excluding carboxylic acids is 1. The molecule has 0 saturated carbocycles. The lowest BCUT2D eigenvalue weighted by atomic mass is 9.91. The van der Waals surface area contributed by atoms with E-state index in [0.29, 0.717) is 35.3 Å². The molecule has 0 unspecified atom stereocenters. The van der Waals surface area contributed by atoms with Gasteiger partial charge in [0.2, 0.25) is 0 Å². The average Bonchev–Trinajstić information content (AvgIpc) is 2.77. The van der Waals surface area contributed by atoms with Crippen molar-refractivity contribution in [1.82, 2.24) is 5.32 Å². The lowest BCUT2D eigenvalue weighted by Gasteiger charge is -2.36. The minimum absolute atomic E-state index is 0.0682. The second kappa shape index (κ2) is 5.35. The molecule has 0 spiro atoms. The molecular formula is C11H14ClNO3S. The van der Waals surface area contributed by atoms with Crippen molar-refractivity contribution < 1.29 is 14.6 Å². The largest absolute Gasteiger partial charge is 0.394 e. The first kappa shape index (κ1) is 12.8. The molecule has 0 aromatic carbocycles. The molecule has 1 amide bonds. The molecule has 1 aliphatic heterocycles. The van der Waals surface area contributed by atoms with Crippen molar-refractivity contribution in [2.24, 2.45) is 0 Å². The van der Waals surface area contributed by atoms with Gasteiger partial charge in [0.15, 0.2) is 0 Å². The van der Waals surface area contributed by atoms with Crippen molar-refractivity contribution in [3.8, 4) is 0 Å². The molecule has 1 fully saturated rings. The Morgan fingerprint density at radius 1 is 1.53 bits per heavy atom. The van der Waals surface area contributed by atoms with Crippen LogP contribution in [0.5, 0.6) is 0 Å². The molecule has 0 bridgehead atoms. The number of rotatable bonds is 3. The maximum Gasteiger partial charge on any atom is 0.261 e. The third-order valence-electron chi connectivity index (χ3n) is 2.93. The third kappa shape index (κ3) is 2.98. The van der Waals surface area contributed by atoms with Gasteiger partial charge >= 0.3 is 0 Å². The summed E-state index contributed by atoms with van der Waals surface area (Å²) in [5.41, 5.74) is -0.550. The molecule has 17 heavy (non-hydrogen) atoms. The van der Waals surface area contributed by atoms with Crippen LogP contribution >= 0.6 is 22.9 Å². The monoisotopic (exact) mass is 275 g/mol. The van der Waals surface area contributed by atoms with Crippen LogP contribution in [0.3, 0.4) is 0 Å². The van der Waals surface area contributed by atoms with Crippen LogP contribution in [0.4, 0.5) is 0 Å². The fraction of sp³-hybridized carbons (Fsp3) is 0.545. The highest BCUT2D eigenvalue weighted by molar-refractivity contribution is 7.18. The summed E-state index contributed by atoms with van der Waals surface area (Å²) < 4.78 is 5.82. The first-order chi connectivity index (χ1) is 8.15. The third-order valence-corrected chi connectivity index (χ3v) is 4.16. The predicted octanol–water partition coefficient (Wildman–Crippen LogP) is 1.67. The van der Waals surface area contributed by atoms with Gasteiger partial charge in [-0.05, 0) is 25.0 Å². The van der Waals surface area contributed by atoms with Crippen LogP contribution in [0.2, 0.25) is 4.34 Å². The van der Waals surface area contributed by atoms with Crippen molar-refractivity contribution in [2.45, 2.75) is 18.4 Å². The van der Waals surface area contributed by atoms with Crippen LogP contribution in [0.1, 0.15) is 22.5 Å². The van der Waals surface area contributed by atoms with E-state index in [1.165, 1.54) is 11.3 Å². The summed E-state index contributed by atoms with van der Waals surface area (Å²) in [5, 5.41) is 12.3. The van der Waals surface area contributed by atoms with E-state index in [9.17, 15) is 9.90 Å². The first-order valence-corrected chi connectivity index (χ1v) is 6.61. The van der Waals surface area contributed by atoms with Crippen molar-refractivity contribution in [3.63, 3.8) is 0 Å². The fourth-order valence-corrected chi connectivity index (χ4v) is 2.76. The summed E-state index contributed by atoms with van der Waals surface area (Å²) in [5.74, 6) is -0.183. The van der Waals surface area contributed by atoms with Gasteiger partial charge in [0.25, 0.3) is 5.91 Å². The Balaban J connectivity index is 2.05. The Kier molecular flexibility index (Phi) is 4.04. The van der Waals surface area contributed by atoms with E-state index in [2.05, 4.69) is 5.32 Å². The van der Waals surface area contributed by atoms with Crippen LogP contribution in [-0.2, 0) is 4.74 Å². The zero-order chi connectivity index (χ0) is 12.3. The molecule has 2 N–H and O–H groups in total. The second-order valence-corrected chi connectivity index (χ2v) is 5.82. The average molecular weight is 276 g/mol. The molecule has 2 rings (SSSR count). The minimum atomic E-state index is -0.550. The number of thiophene rings is 1. The van der Waals surface area contributed by atoms with Crippen LogP contribution < -0.4 is 5.32 Å². The highest BCUT2D eigenvalue weighted by Crippen LogP contribution is 2.24. The summed E-state index contributed by atoms with van der Waals surface area (Å²) in [6, 6.07) is 3.38. The van der Waals surface area contributed by atoms with Crippen molar-refractivity contribution in [3.05, 3.63) is 21.3 Å². The number of aliphatic hydroxyl groups excluding tert-OH is 1. The van der Waals surface area contributed by atoms with Gasteiger partial charge in [0, 0.05) is 13.2 Å². The normalized spacial score (nSPS) is 18.9. The molecule has 1 aromatic heterocycles. The first-order valence-electron chi connectivity index (χ1n) is 5.42. The number of amides is 1. The van der Waals surface area contributed by atoms with Gasteiger partial charge in [-0.2, -0.15) is 0 Å². The Morgan fingerprint density at radius 2 is 2.24 bits per heavy atom. The SMILES string of the molecule is O=C(NC1(CO)CCOCC1)c1ccc(Cl)s1. The highest BCUT2D eigenvalue weighted by atomic mass is 35.5. The maximum absolute atomic E-state index is 12.0. The van der Waals surface area contributed by atoms with Gasteiger partial charge in [0.1, 0.15) is 0 Å². The number of nitrogens with one attached hydrogen (secondary N) is 1. The van der Waals surface area contributed by atoms with E-state index >= 15 is 0 Å². The summed E-state index contributed by atoms with van der Waals surface area (Å²) >= 11 is 7.02. The molecule has 0 atom stereocenters. The number of halogens is 1. The minimum Gasteiger partial charge on any atom is -0.394 e. The quantitative estimate of drug-likeness (QED) is 0.882. The van der Waals surface area contributed by atoms with E-state index in [-0.39, 0.29) is 12.5 Å². The van der Waals surface area contributed by atoms with E-state index < -0.39 is 5.54 Å². The molecule has 4 nitrogen and oxygen atoms in total. The zero-order valence-electron chi connectivity index (χ0n) is 9.24. The van der Waals surface area contributed by atoms with Crippen molar-refractivity contribution in [1.29, 1.82) is 0 Å². The lowest BCUT2D eigenvalue weighted by Crippen LogP contribution is -2.54. The van der Waals surface area contributed by atoms with Gasteiger partial charge in [-0.3, -0.25) is 4.79 Å². The Bertz CT molecular complexity index is 401. The number of carbonyl (C=O) groups is 1. The fourth-order valence-electron chi connectivity index (χ4n) is 1.82. The molecule has 0 aliphatic carbocycles. The lowest BCUT2D eigenvalue weighted by molar-refractivity contribution is 0.0126. The summed E-state index contributed by atoms with van der Waals surface area (Å²) in [7, 11) is 0. The number of hydrogen-bond acceptors (Lipinski definition) is 4. The standard InChI is InChI=1S/C11H14ClNO3S/c12-9-2-1-8(17-9)10(15)13-11(7-14)3-5-16-6-4-11/h1-2,14H,3-7H2,(H,13,15). The molecule has 6 heteroatoms.